The van der Waals surface area contributed by atoms with Gasteiger partial charge >= 0.3 is 0 Å². The molecule has 5 aliphatic rings. The number of aromatic nitrogens is 1. The minimum absolute atomic E-state index is 0.00210. The van der Waals surface area contributed by atoms with Crippen molar-refractivity contribution in [1.29, 1.82) is 0 Å². The van der Waals surface area contributed by atoms with Crippen LogP contribution < -0.4 is 14.4 Å². The highest BCUT2D eigenvalue weighted by Gasteiger charge is 2.52. The number of benzene rings is 2. The van der Waals surface area contributed by atoms with E-state index in [0.29, 0.717) is 61.7 Å². The summed E-state index contributed by atoms with van der Waals surface area (Å²) in [6.07, 6.45) is 10.2. The Morgan fingerprint density at radius 1 is 0.894 bits per heavy atom. The highest BCUT2D eigenvalue weighted by atomic mass is 32.2. The van der Waals surface area contributed by atoms with Crippen LogP contribution >= 0.6 is 0 Å². The summed E-state index contributed by atoms with van der Waals surface area (Å²) in [6, 6.07) is 14.8. The summed E-state index contributed by atoms with van der Waals surface area (Å²) < 4.78 is 34.3. The van der Waals surface area contributed by atoms with Gasteiger partial charge in [0.1, 0.15) is 5.75 Å². The summed E-state index contributed by atoms with van der Waals surface area (Å²) >= 11 is 0. The van der Waals surface area contributed by atoms with E-state index in [1.165, 1.54) is 19.3 Å². The van der Waals surface area contributed by atoms with E-state index in [9.17, 15) is 18.0 Å². The monoisotopic (exact) mass is 656 g/mol. The molecule has 1 aromatic heterocycles. The standard InChI is InChI=1S/C37H44N4O5S/c1-3-46-33-18-31(22-38-23-33)34-9-6-30(14-25(34)2)36(43)41-12-10-40(11-13-41)32-7-4-29(5-8-32)35(42)39-47(44,45)24-37-19-26-15-27(20-37)17-28(16-26)21-37/h4-9,14,18,22-23,26-28H,3,10-13,15-17,19-21,24H2,1-2H3,(H,39,42). The second kappa shape index (κ2) is 12.6. The summed E-state index contributed by atoms with van der Waals surface area (Å²) in [5.74, 6) is 2.17. The summed E-state index contributed by atoms with van der Waals surface area (Å²) in [5, 5.41) is 0. The largest absolute Gasteiger partial charge is 0.492 e. The molecule has 2 heterocycles. The zero-order valence-electron chi connectivity index (χ0n) is 27.3. The Kier molecular flexibility index (Phi) is 8.49. The van der Waals surface area contributed by atoms with Gasteiger partial charge in [-0.25, -0.2) is 13.1 Å². The van der Waals surface area contributed by atoms with Crippen LogP contribution in [0.1, 0.15) is 71.7 Å². The number of sulfonamides is 1. The molecule has 47 heavy (non-hydrogen) atoms. The first-order valence-electron chi connectivity index (χ1n) is 17.0. The fraction of sp³-hybridized carbons (Fsp3) is 0.486. The third-order valence-corrected chi connectivity index (χ3v) is 12.3. The van der Waals surface area contributed by atoms with Crippen LogP contribution in [0.15, 0.2) is 60.9 Å². The van der Waals surface area contributed by atoms with Gasteiger partial charge in [0.05, 0.1) is 18.6 Å². The molecule has 0 radical (unpaired) electrons. The van der Waals surface area contributed by atoms with Crippen LogP contribution in [0.2, 0.25) is 0 Å². The van der Waals surface area contributed by atoms with Gasteiger partial charge in [-0.05, 0) is 129 Å². The van der Waals surface area contributed by atoms with Gasteiger partial charge in [0.15, 0.2) is 0 Å². The second-order valence-corrected chi connectivity index (χ2v) is 16.0. The number of nitrogens with one attached hydrogen (secondary N) is 1. The lowest BCUT2D eigenvalue weighted by molar-refractivity contribution is -0.0391. The van der Waals surface area contributed by atoms with E-state index in [1.807, 2.05) is 55.1 Å². The fourth-order valence-electron chi connectivity index (χ4n) is 9.21. The number of hydrogen-bond acceptors (Lipinski definition) is 7. The van der Waals surface area contributed by atoms with E-state index < -0.39 is 15.9 Å². The van der Waals surface area contributed by atoms with Crippen molar-refractivity contribution in [3.63, 3.8) is 0 Å². The van der Waals surface area contributed by atoms with E-state index in [-0.39, 0.29) is 17.1 Å². The van der Waals surface area contributed by atoms with Gasteiger partial charge in [0.25, 0.3) is 11.8 Å². The molecule has 0 atom stereocenters. The SMILES string of the molecule is CCOc1cncc(-c2ccc(C(=O)N3CCN(c4ccc(C(=O)NS(=O)(=O)CC56CC7CC(CC(C7)C5)C6)cc4)CC3)cc2C)c1. The van der Waals surface area contributed by atoms with E-state index in [4.69, 9.17) is 4.74 Å². The summed E-state index contributed by atoms with van der Waals surface area (Å²) in [7, 11) is -3.74. The van der Waals surface area contributed by atoms with Crippen molar-refractivity contribution in [2.75, 3.05) is 43.4 Å². The van der Waals surface area contributed by atoms with Crippen molar-refractivity contribution in [2.45, 2.75) is 52.4 Å². The number of aryl methyl sites for hydroxylation is 1. The number of ether oxygens (including phenoxy) is 1. The predicted molar refractivity (Wildman–Crippen MR) is 182 cm³/mol. The van der Waals surface area contributed by atoms with Gasteiger partial charge < -0.3 is 14.5 Å². The van der Waals surface area contributed by atoms with Crippen LogP contribution in [0.3, 0.4) is 0 Å². The highest BCUT2D eigenvalue weighted by Crippen LogP contribution is 2.60. The minimum atomic E-state index is -3.74. The number of amides is 2. The lowest BCUT2D eigenvalue weighted by Crippen LogP contribution is -2.51. The van der Waals surface area contributed by atoms with Crippen molar-refractivity contribution < 1.29 is 22.7 Å². The summed E-state index contributed by atoms with van der Waals surface area (Å²) in [4.78, 5) is 34.7. The number of carbonyl (C=O) groups is 2. The Hall–Kier alpha value is -3.92. The van der Waals surface area contributed by atoms with Crippen LogP contribution in [-0.4, -0.2) is 68.7 Å². The quantitative estimate of drug-likeness (QED) is 0.315. The molecule has 2 amide bonds. The zero-order chi connectivity index (χ0) is 32.8. The van der Waals surface area contributed by atoms with Crippen molar-refractivity contribution in [3.05, 3.63) is 77.6 Å². The first-order chi connectivity index (χ1) is 22.6. The molecule has 0 spiro atoms. The molecular formula is C37H44N4O5S. The molecule has 3 aromatic rings. The van der Waals surface area contributed by atoms with Crippen molar-refractivity contribution in [1.82, 2.24) is 14.6 Å². The van der Waals surface area contributed by atoms with E-state index >= 15 is 0 Å². The molecule has 5 fully saturated rings. The normalized spacial score (nSPS) is 25.1. The summed E-state index contributed by atoms with van der Waals surface area (Å²) in [6.45, 7) is 6.97. The topological polar surface area (TPSA) is 109 Å². The zero-order valence-corrected chi connectivity index (χ0v) is 28.1. The number of piperazine rings is 1. The Balaban J connectivity index is 0.929. The maximum Gasteiger partial charge on any atom is 0.264 e. The molecule has 1 aliphatic heterocycles. The van der Waals surface area contributed by atoms with Gasteiger partial charge in [0.2, 0.25) is 10.0 Å². The first-order valence-corrected chi connectivity index (χ1v) is 18.6. The number of pyridine rings is 1. The van der Waals surface area contributed by atoms with Gasteiger partial charge in [-0.15, -0.1) is 0 Å². The molecule has 10 heteroatoms. The summed E-state index contributed by atoms with van der Waals surface area (Å²) in [5.41, 5.74) is 4.72. The van der Waals surface area contributed by atoms with Gasteiger partial charge in [-0.3, -0.25) is 14.6 Å². The van der Waals surface area contributed by atoms with Crippen LogP contribution in [0, 0.1) is 30.1 Å². The lowest BCUT2D eigenvalue weighted by Gasteiger charge is -2.56. The smallest absolute Gasteiger partial charge is 0.264 e. The molecule has 8 rings (SSSR count). The van der Waals surface area contributed by atoms with Crippen LogP contribution in [0.25, 0.3) is 11.1 Å². The Morgan fingerprint density at radius 2 is 1.53 bits per heavy atom. The third-order valence-electron chi connectivity index (χ3n) is 10.8. The van der Waals surface area contributed by atoms with Crippen molar-refractivity contribution in [2.24, 2.45) is 23.2 Å². The molecule has 4 saturated carbocycles. The van der Waals surface area contributed by atoms with Crippen molar-refractivity contribution >= 4 is 27.5 Å². The fourth-order valence-corrected chi connectivity index (χ4v) is 10.8. The Bertz CT molecular complexity index is 1730. The number of nitrogens with zero attached hydrogens (tertiary/aromatic N) is 3. The molecule has 9 nitrogen and oxygen atoms in total. The van der Waals surface area contributed by atoms with E-state index in [2.05, 4.69) is 14.6 Å². The number of rotatable bonds is 9. The number of anilines is 1. The highest BCUT2D eigenvalue weighted by molar-refractivity contribution is 7.90. The Labute approximate surface area is 277 Å². The van der Waals surface area contributed by atoms with Crippen molar-refractivity contribution in [3.8, 4) is 16.9 Å². The molecular weight excluding hydrogens is 612 g/mol. The predicted octanol–water partition coefficient (Wildman–Crippen LogP) is 5.69. The van der Waals surface area contributed by atoms with Gasteiger partial charge in [-0.1, -0.05) is 6.07 Å². The average molecular weight is 657 g/mol. The van der Waals surface area contributed by atoms with Crippen LogP contribution in [0.4, 0.5) is 5.69 Å². The Morgan fingerprint density at radius 3 is 2.15 bits per heavy atom. The van der Waals surface area contributed by atoms with Gasteiger partial charge in [-0.2, -0.15) is 0 Å². The molecule has 1 saturated heterocycles. The van der Waals surface area contributed by atoms with Gasteiger partial charge in [0, 0.05) is 54.8 Å². The molecule has 4 bridgehead atoms. The number of hydrogen-bond donors (Lipinski definition) is 1. The average Bonchev–Trinajstić information content (AvgIpc) is 3.03. The van der Waals surface area contributed by atoms with Crippen LogP contribution in [-0.2, 0) is 10.0 Å². The van der Waals surface area contributed by atoms with E-state index in [1.54, 1.807) is 24.5 Å². The number of carbonyl (C=O) groups excluding carboxylic acids is 2. The molecule has 2 aromatic carbocycles. The molecule has 248 valence electrons. The second-order valence-electron chi connectivity index (χ2n) is 14.3. The van der Waals surface area contributed by atoms with Crippen LogP contribution in [0.5, 0.6) is 5.75 Å². The van der Waals surface area contributed by atoms with E-state index in [0.717, 1.165) is 47.4 Å². The molecule has 1 N–H and O–H groups in total. The maximum absolute atomic E-state index is 13.4. The third kappa shape index (κ3) is 6.75. The molecule has 4 aliphatic carbocycles. The minimum Gasteiger partial charge on any atom is -0.492 e. The first kappa shape index (κ1) is 31.7. The molecule has 0 unspecified atom stereocenters. The lowest BCUT2D eigenvalue weighted by atomic mass is 9.50. The maximum atomic E-state index is 13.4.